The van der Waals surface area contributed by atoms with E-state index < -0.39 is 6.09 Å². The third-order valence-corrected chi connectivity index (χ3v) is 3.31. The van der Waals surface area contributed by atoms with Crippen LogP contribution in [-0.4, -0.2) is 37.8 Å². The van der Waals surface area contributed by atoms with Gasteiger partial charge in [0.1, 0.15) is 12.6 Å². The van der Waals surface area contributed by atoms with Crippen molar-refractivity contribution in [3.05, 3.63) is 35.9 Å². The van der Waals surface area contributed by atoms with E-state index in [1.54, 1.807) is 0 Å². The fraction of sp³-hybridized carbons (Fsp3) is 0.529. The molecule has 0 bridgehead atoms. The third kappa shape index (κ3) is 7.65. The van der Waals surface area contributed by atoms with E-state index in [1.807, 2.05) is 44.2 Å². The van der Waals surface area contributed by atoms with E-state index in [1.165, 1.54) is 7.11 Å². The highest BCUT2D eigenvalue weighted by Crippen LogP contribution is 2.01. The normalized spacial score (nSPS) is 13.0. The van der Waals surface area contributed by atoms with Crippen LogP contribution in [0, 0.1) is 0 Å². The van der Waals surface area contributed by atoms with E-state index in [2.05, 4.69) is 10.6 Å². The molecule has 1 amide bonds. The zero-order chi connectivity index (χ0) is 17.1. The zero-order valence-corrected chi connectivity index (χ0v) is 14.0. The molecule has 0 radical (unpaired) electrons. The van der Waals surface area contributed by atoms with Crippen LogP contribution in [0.25, 0.3) is 0 Å². The minimum atomic E-state index is -0.478. The van der Waals surface area contributed by atoms with Gasteiger partial charge in [-0.25, -0.2) is 4.79 Å². The van der Waals surface area contributed by atoms with Crippen molar-refractivity contribution in [2.45, 2.75) is 45.4 Å². The number of amides is 1. The molecule has 0 saturated carbocycles. The number of hydrogen-bond acceptors (Lipinski definition) is 5. The molecule has 1 rings (SSSR count). The number of methoxy groups -OCH3 is 1. The molecule has 0 aliphatic heterocycles. The van der Waals surface area contributed by atoms with E-state index in [0.29, 0.717) is 13.0 Å². The van der Waals surface area contributed by atoms with Crippen molar-refractivity contribution in [1.82, 2.24) is 10.6 Å². The van der Waals surface area contributed by atoms with Gasteiger partial charge < -0.3 is 20.1 Å². The summed E-state index contributed by atoms with van der Waals surface area (Å²) >= 11 is 0. The van der Waals surface area contributed by atoms with Crippen molar-refractivity contribution in [3.8, 4) is 0 Å². The van der Waals surface area contributed by atoms with Crippen molar-refractivity contribution in [2.24, 2.45) is 0 Å². The van der Waals surface area contributed by atoms with Gasteiger partial charge in [0.15, 0.2) is 0 Å². The quantitative estimate of drug-likeness (QED) is 0.682. The van der Waals surface area contributed by atoms with Crippen molar-refractivity contribution < 1.29 is 19.1 Å². The van der Waals surface area contributed by atoms with Crippen molar-refractivity contribution in [3.63, 3.8) is 0 Å². The Morgan fingerprint density at radius 2 is 1.91 bits per heavy atom. The number of esters is 1. The summed E-state index contributed by atoms with van der Waals surface area (Å²) in [5, 5.41) is 5.83. The first-order chi connectivity index (χ1) is 11.1. The Hall–Kier alpha value is -2.08. The number of benzene rings is 1. The number of rotatable bonds is 9. The molecule has 1 aromatic carbocycles. The molecule has 2 N–H and O–H groups in total. The van der Waals surface area contributed by atoms with Crippen molar-refractivity contribution >= 4 is 12.1 Å². The van der Waals surface area contributed by atoms with Crippen LogP contribution in [0.3, 0.4) is 0 Å². The standard InChI is InChI=1S/C17H26N2O4/c1-4-8-15(16(20)22-3)18-11-13(2)19-17(21)23-12-14-9-6-5-7-10-14/h5-7,9-10,13,15,18H,4,8,11-12H2,1-3H3,(H,19,21). The maximum absolute atomic E-state index is 11.7. The van der Waals surface area contributed by atoms with Gasteiger partial charge in [0.2, 0.25) is 0 Å². The van der Waals surface area contributed by atoms with E-state index in [4.69, 9.17) is 9.47 Å². The highest BCUT2D eigenvalue weighted by molar-refractivity contribution is 5.75. The number of carbonyl (C=O) groups is 2. The van der Waals surface area contributed by atoms with Gasteiger partial charge in [-0.1, -0.05) is 43.7 Å². The molecule has 23 heavy (non-hydrogen) atoms. The summed E-state index contributed by atoms with van der Waals surface area (Å²) in [7, 11) is 1.37. The van der Waals surface area contributed by atoms with Gasteiger partial charge in [-0.15, -0.1) is 0 Å². The maximum atomic E-state index is 11.7. The minimum Gasteiger partial charge on any atom is -0.468 e. The molecule has 0 fully saturated rings. The SMILES string of the molecule is CCCC(NCC(C)NC(=O)OCc1ccccc1)C(=O)OC. The van der Waals surface area contributed by atoms with E-state index in [0.717, 1.165) is 12.0 Å². The molecular formula is C17H26N2O4. The first-order valence-corrected chi connectivity index (χ1v) is 7.85. The molecule has 0 aliphatic carbocycles. The van der Waals surface area contributed by atoms with Crippen LogP contribution in [0.2, 0.25) is 0 Å². The first-order valence-electron chi connectivity index (χ1n) is 7.85. The molecule has 6 heteroatoms. The number of nitrogens with one attached hydrogen (secondary N) is 2. The summed E-state index contributed by atoms with van der Waals surface area (Å²) < 4.78 is 9.90. The van der Waals surface area contributed by atoms with E-state index in [9.17, 15) is 9.59 Å². The summed E-state index contributed by atoms with van der Waals surface area (Å²) in [4.78, 5) is 23.3. The lowest BCUT2D eigenvalue weighted by Crippen LogP contribution is -2.46. The predicted octanol–water partition coefficient (Wildman–Crippen LogP) is 2.23. The van der Waals surface area contributed by atoms with Crippen LogP contribution >= 0.6 is 0 Å². The molecule has 128 valence electrons. The van der Waals surface area contributed by atoms with Gasteiger partial charge in [0.25, 0.3) is 0 Å². The second-order valence-corrected chi connectivity index (χ2v) is 5.38. The average Bonchev–Trinajstić information content (AvgIpc) is 2.57. The van der Waals surface area contributed by atoms with Gasteiger partial charge in [0.05, 0.1) is 7.11 Å². The van der Waals surface area contributed by atoms with Crippen LogP contribution in [0.5, 0.6) is 0 Å². The number of alkyl carbamates (subject to hydrolysis) is 1. The fourth-order valence-corrected chi connectivity index (χ4v) is 2.07. The molecule has 0 saturated heterocycles. The maximum Gasteiger partial charge on any atom is 0.407 e. The topological polar surface area (TPSA) is 76.7 Å². The zero-order valence-electron chi connectivity index (χ0n) is 14.0. The Morgan fingerprint density at radius 1 is 1.22 bits per heavy atom. The number of hydrogen-bond donors (Lipinski definition) is 2. The number of ether oxygens (including phenoxy) is 2. The monoisotopic (exact) mass is 322 g/mol. The molecule has 2 unspecified atom stereocenters. The summed E-state index contributed by atoms with van der Waals surface area (Å²) in [5.74, 6) is -0.286. The van der Waals surface area contributed by atoms with Gasteiger partial charge in [-0.2, -0.15) is 0 Å². The van der Waals surface area contributed by atoms with Crippen LogP contribution in [-0.2, 0) is 20.9 Å². The first kappa shape index (κ1) is 19.0. The molecule has 6 nitrogen and oxygen atoms in total. The van der Waals surface area contributed by atoms with E-state index >= 15 is 0 Å². The number of carbonyl (C=O) groups excluding carboxylic acids is 2. The highest BCUT2D eigenvalue weighted by Gasteiger charge is 2.18. The van der Waals surface area contributed by atoms with Crippen molar-refractivity contribution in [2.75, 3.05) is 13.7 Å². The molecule has 0 aliphatic rings. The Labute approximate surface area is 137 Å². The molecular weight excluding hydrogens is 296 g/mol. The molecule has 0 heterocycles. The molecule has 0 spiro atoms. The second kappa shape index (κ2) is 10.6. The Kier molecular flexibility index (Phi) is 8.75. The average molecular weight is 322 g/mol. The van der Waals surface area contributed by atoms with Gasteiger partial charge >= 0.3 is 12.1 Å². The smallest absolute Gasteiger partial charge is 0.407 e. The lowest BCUT2D eigenvalue weighted by atomic mass is 10.1. The van der Waals surface area contributed by atoms with Crippen molar-refractivity contribution in [1.29, 1.82) is 0 Å². The lowest BCUT2D eigenvalue weighted by molar-refractivity contribution is -0.143. The third-order valence-electron chi connectivity index (χ3n) is 3.31. The van der Waals surface area contributed by atoms with Crippen LogP contribution < -0.4 is 10.6 Å². The van der Waals surface area contributed by atoms with Gasteiger partial charge in [0, 0.05) is 12.6 Å². The molecule has 0 aromatic heterocycles. The largest absolute Gasteiger partial charge is 0.468 e. The summed E-state index contributed by atoms with van der Waals surface area (Å²) in [6, 6.07) is 8.96. The Bertz CT molecular complexity index is 479. The Balaban J connectivity index is 2.30. The molecule has 2 atom stereocenters. The fourth-order valence-electron chi connectivity index (χ4n) is 2.07. The molecule has 1 aromatic rings. The van der Waals surface area contributed by atoms with Crippen LogP contribution in [0.1, 0.15) is 32.3 Å². The Morgan fingerprint density at radius 3 is 2.52 bits per heavy atom. The summed E-state index contributed by atoms with van der Waals surface area (Å²) in [5.41, 5.74) is 0.933. The lowest BCUT2D eigenvalue weighted by Gasteiger charge is -2.19. The van der Waals surface area contributed by atoms with Crippen LogP contribution in [0.15, 0.2) is 30.3 Å². The second-order valence-electron chi connectivity index (χ2n) is 5.38. The highest BCUT2D eigenvalue weighted by atomic mass is 16.5. The van der Waals surface area contributed by atoms with Gasteiger partial charge in [-0.3, -0.25) is 4.79 Å². The predicted molar refractivity (Wildman–Crippen MR) is 87.9 cm³/mol. The summed E-state index contributed by atoms with van der Waals surface area (Å²) in [6.45, 7) is 4.53. The summed E-state index contributed by atoms with van der Waals surface area (Å²) in [6.07, 6.45) is 1.08. The van der Waals surface area contributed by atoms with Gasteiger partial charge in [-0.05, 0) is 18.9 Å². The minimum absolute atomic E-state index is 0.165. The van der Waals surface area contributed by atoms with E-state index in [-0.39, 0.29) is 24.7 Å². The van der Waals surface area contributed by atoms with Crippen LogP contribution in [0.4, 0.5) is 4.79 Å².